The van der Waals surface area contributed by atoms with Crippen LogP contribution in [0.4, 0.5) is 4.39 Å². The zero-order valence-electron chi connectivity index (χ0n) is 8.78. The van der Waals surface area contributed by atoms with E-state index in [0.29, 0.717) is 19.8 Å². The van der Waals surface area contributed by atoms with E-state index in [-0.39, 0.29) is 17.8 Å². The summed E-state index contributed by atoms with van der Waals surface area (Å²) in [5.74, 6) is -0.823. The zero-order chi connectivity index (χ0) is 11.8. The van der Waals surface area contributed by atoms with E-state index < -0.39 is 5.82 Å². The first-order valence-electron chi connectivity index (χ1n) is 4.61. The fraction of sp³-hybridized carbons (Fsp3) is 0.556. The van der Waals surface area contributed by atoms with Crippen LogP contribution in [0, 0.1) is 5.82 Å². The van der Waals surface area contributed by atoms with Crippen LogP contribution < -0.4 is 4.74 Å². The predicted molar refractivity (Wildman–Crippen MR) is 55.2 cm³/mol. The van der Waals surface area contributed by atoms with Gasteiger partial charge in [-0.05, 0) is 11.6 Å². The molecular formula is C9H12ClFN2O3. The first-order chi connectivity index (χ1) is 7.74. The highest BCUT2D eigenvalue weighted by Crippen LogP contribution is 2.14. The Morgan fingerprint density at radius 1 is 1.31 bits per heavy atom. The molecule has 0 saturated carbocycles. The number of ether oxygens (including phenoxy) is 3. The molecule has 0 N–H and O–H groups in total. The molecule has 0 amide bonds. The van der Waals surface area contributed by atoms with Gasteiger partial charge in [-0.15, -0.1) is 0 Å². The van der Waals surface area contributed by atoms with Gasteiger partial charge in [-0.3, -0.25) is 0 Å². The summed E-state index contributed by atoms with van der Waals surface area (Å²) in [6.07, 6.45) is 0.955. The fourth-order valence-corrected chi connectivity index (χ4v) is 1.000. The lowest BCUT2D eigenvalue weighted by atomic mass is 10.6. The van der Waals surface area contributed by atoms with E-state index in [0.717, 1.165) is 6.20 Å². The average molecular weight is 251 g/mol. The maximum Gasteiger partial charge on any atom is 0.254 e. The maximum absolute atomic E-state index is 13.0. The molecule has 7 heteroatoms. The third-order valence-electron chi connectivity index (χ3n) is 1.58. The van der Waals surface area contributed by atoms with Crippen LogP contribution >= 0.6 is 11.6 Å². The van der Waals surface area contributed by atoms with Gasteiger partial charge in [0.1, 0.15) is 6.61 Å². The largest absolute Gasteiger partial charge is 0.473 e. The molecule has 0 fully saturated rings. The van der Waals surface area contributed by atoms with Gasteiger partial charge in [-0.25, -0.2) is 4.98 Å². The first-order valence-corrected chi connectivity index (χ1v) is 4.99. The average Bonchev–Trinajstić information content (AvgIpc) is 2.28. The van der Waals surface area contributed by atoms with Crippen LogP contribution in [0.3, 0.4) is 0 Å². The van der Waals surface area contributed by atoms with Gasteiger partial charge in [0, 0.05) is 7.11 Å². The van der Waals surface area contributed by atoms with Crippen LogP contribution in [0.1, 0.15) is 0 Å². The van der Waals surface area contributed by atoms with Crippen molar-refractivity contribution < 1.29 is 18.6 Å². The molecule has 0 saturated heterocycles. The number of rotatable bonds is 7. The van der Waals surface area contributed by atoms with Gasteiger partial charge in [-0.1, -0.05) is 0 Å². The minimum Gasteiger partial charge on any atom is -0.473 e. The Morgan fingerprint density at radius 2 is 2.06 bits per heavy atom. The van der Waals surface area contributed by atoms with Gasteiger partial charge in [0.25, 0.3) is 5.88 Å². The second-order valence-corrected chi connectivity index (χ2v) is 3.08. The predicted octanol–water partition coefficient (Wildman–Crippen LogP) is 1.31. The molecule has 16 heavy (non-hydrogen) atoms. The molecule has 0 aliphatic carbocycles. The molecule has 0 radical (unpaired) electrons. The van der Waals surface area contributed by atoms with Crippen molar-refractivity contribution in [1.29, 1.82) is 0 Å². The Labute approximate surface area is 97.5 Å². The lowest BCUT2D eigenvalue weighted by Crippen LogP contribution is -2.11. The van der Waals surface area contributed by atoms with Crippen molar-refractivity contribution in [3.05, 3.63) is 17.3 Å². The van der Waals surface area contributed by atoms with E-state index in [1.54, 1.807) is 7.11 Å². The van der Waals surface area contributed by atoms with Crippen molar-refractivity contribution in [1.82, 2.24) is 9.97 Å². The third kappa shape index (κ3) is 4.69. The molecule has 0 bridgehead atoms. The van der Waals surface area contributed by atoms with E-state index in [9.17, 15) is 4.39 Å². The fourth-order valence-electron chi connectivity index (χ4n) is 0.874. The van der Waals surface area contributed by atoms with E-state index in [1.165, 1.54) is 0 Å². The van der Waals surface area contributed by atoms with Crippen LogP contribution in [0.15, 0.2) is 6.20 Å². The van der Waals surface area contributed by atoms with Gasteiger partial charge in [0.2, 0.25) is 11.1 Å². The maximum atomic E-state index is 13.0. The van der Waals surface area contributed by atoms with E-state index in [4.69, 9.17) is 25.8 Å². The van der Waals surface area contributed by atoms with Crippen LogP contribution in [-0.2, 0) is 9.47 Å². The van der Waals surface area contributed by atoms with Crippen molar-refractivity contribution in [3.8, 4) is 5.88 Å². The number of nitrogens with zero attached hydrogens (tertiary/aromatic N) is 2. The minimum absolute atomic E-state index is 0.0586. The lowest BCUT2D eigenvalue weighted by molar-refractivity contribution is 0.0529. The standard InChI is InChI=1S/C9H12ClFN2O3/c1-14-2-3-15-4-5-16-8-7(11)6-12-9(10)13-8/h6H,2-5H2,1H3. The number of hydrogen-bond donors (Lipinski definition) is 0. The summed E-state index contributed by atoms with van der Waals surface area (Å²) >= 11 is 5.48. The topological polar surface area (TPSA) is 53.5 Å². The summed E-state index contributed by atoms with van der Waals surface area (Å²) < 4.78 is 27.9. The highest BCUT2D eigenvalue weighted by molar-refractivity contribution is 6.28. The lowest BCUT2D eigenvalue weighted by Gasteiger charge is -2.06. The Morgan fingerprint density at radius 3 is 2.81 bits per heavy atom. The van der Waals surface area contributed by atoms with Crippen molar-refractivity contribution in [2.45, 2.75) is 0 Å². The summed E-state index contributed by atoms with van der Waals surface area (Å²) in [6.45, 7) is 1.49. The molecule has 90 valence electrons. The van der Waals surface area contributed by atoms with Gasteiger partial charge in [0.05, 0.1) is 26.0 Å². The molecule has 0 aromatic carbocycles. The second-order valence-electron chi connectivity index (χ2n) is 2.75. The zero-order valence-corrected chi connectivity index (χ0v) is 9.54. The normalized spacial score (nSPS) is 10.4. The van der Waals surface area contributed by atoms with Crippen LogP contribution in [0.2, 0.25) is 5.28 Å². The summed E-state index contributed by atoms with van der Waals surface area (Å²) in [6, 6.07) is 0. The quantitative estimate of drug-likeness (QED) is 0.540. The second kappa shape index (κ2) is 7.32. The number of hydrogen-bond acceptors (Lipinski definition) is 5. The van der Waals surface area contributed by atoms with Gasteiger partial charge in [0.15, 0.2) is 0 Å². The Hall–Kier alpha value is -0.980. The number of aromatic nitrogens is 2. The molecule has 0 spiro atoms. The summed E-state index contributed by atoms with van der Waals surface area (Å²) in [5.41, 5.74) is 0. The van der Waals surface area contributed by atoms with E-state index >= 15 is 0 Å². The molecule has 0 aliphatic rings. The van der Waals surface area contributed by atoms with Crippen molar-refractivity contribution in [2.75, 3.05) is 33.5 Å². The Kier molecular flexibility index (Phi) is 5.99. The SMILES string of the molecule is COCCOCCOc1nc(Cl)ncc1F. The van der Waals surface area contributed by atoms with E-state index in [1.807, 2.05) is 0 Å². The highest BCUT2D eigenvalue weighted by Gasteiger charge is 2.06. The summed E-state index contributed by atoms with van der Waals surface area (Å²) in [5, 5.41) is -0.0586. The Bertz CT molecular complexity index is 328. The Balaban J connectivity index is 2.23. The third-order valence-corrected chi connectivity index (χ3v) is 1.76. The van der Waals surface area contributed by atoms with Crippen LogP contribution in [-0.4, -0.2) is 43.5 Å². The van der Waals surface area contributed by atoms with Gasteiger partial charge >= 0.3 is 0 Å². The smallest absolute Gasteiger partial charge is 0.254 e. The molecule has 1 aromatic rings. The molecule has 1 rings (SSSR count). The first kappa shape index (κ1) is 13.1. The number of halogens is 2. The molecule has 1 aromatic heterocycles. The molecular weight excluding hydrogens is 239 g/mol. The van der Waals surface area contributed by atoms with Crippen molar-refractivity contribution >= 4 is 11.6 Å². The molecule has 0 atom stereocenters. The molecule has 5 nitrogen and oxygen atoms in total. The monoisotopic (exact) mass is 250 g/mol. The summed E-state index contributed by atoms with van der Waals surface area (Å²) in [7, 11) is 1.58. The molecule has 0 aliphatic heterocycles. The molecule has 1 heterocycles. The minimum atomic E-state index is -0.652. The molecule has 0 unspecified atom stereocenters. The van der Waals surface area contributed by atoms with Crippen molar-refractivity contribution in [2.24, 2.45) is 0 Å². The number of methoxy groups -OCH3 is 1. The van der Waals surface area contributed by atoms with Gasteiger partial charge < -0.3 is 14.2 Å². The van der Waals surface area contributed by atoms with E-state index in [2.05, 4.69) is 9.97 Å². The van der Waals surface area contributed by atoms with Crippen LogP contribution in [0.5, 0.6) is 5.88 Å². The highest BCUT2D eigenvalue weighted by atomic mass is 35.5. The van der Waals surface area contributed by atoms with Gasteiger partial charge in [-0.2, -0.15) is 9.37 Å². The van der Waals surface area contributed by atoms with Crippen molar-refractivity contribution in [3.63, 3.8) is 0 Å². The summed E-state index contributed by atoms with van der Waals surface area (Å²) in [4.78, 5) is 7.04. The van der Waals surface area contributed by atoms with Crippen LogP contribution in [0.25, 0.3) is 0 Å².